The van der Waals surface area contributed by atoms with E-state index in [-0.39, 0.29) is 0 Å². The molecule has 0 radical (unpaired) electrons. The number of aryl methyl sites for hydroxylation is 1. The Labute approximate surface area is 117 Å². The van der Waals surface area contributed by atoms with Crippen molar-refractivity contribution in [2.45, 2.75) is 25.3 Å². The summed E-state index contributed by atoms with van der Waals surface area (Å²) in [5.74, 6) is 0. The maximum Gasteiger partial charge on any atom is 0.0934 e. The van der Waals surface area contributed by atoms with Crippen LogP contribution in [-0.2, 0) is 15.9 Å². The highest BCUT2D eigenvalue weighted by molar-refractivity contribution is 7.16. The van der Waals surface area contributed by atoms with Gasteiger partial charge in [-0.2, -0.15) is 0 Å². The highest BCUT2D eigenvalue weighted by atomic mass is 35.5. The summed E-state index contributed by atoms with van der Waals surface area (Å²) in [6, 6.07) is 2.60. The summed E-state index contributed by atoms with van der Waals surface area (Å²) < 4.78 is 11.3. The highest BCUT2D eigenvalue weighted by Crippen LogP contribution is 2.39. The summed E-state index contributed by atoms with van der Waals surface area (Å²) >= 11 is 7.76. The van der Waals surface area contributed by atoms with Crippen molar-refractivity contribution in [1.82, 2.24) is 5.32 Å². The van der Waals surface area contributed by atoms with Crippen LogP contribution in [0, 0.1) is 0 Å². The minimum absolute atomic E-state index is 0.489. The highest BCUT2D eigenvalue weighted by Gasteiger charge is 2.24. The Morgan fingerprint density at radius 1 is 1.44 bits per heavy atom. The van der Waals surface area contributed by atoms with Crippen LogP contribution in [-0.4, -0.2) is 33.5 Å². The first-order chi connectivity index (χ1) is 8.81. The fraction of sp³-hybridized carbons (Fsp3) is 0.692. The van der Waals surface area contributed by atoms with Crippen LogP contribution in [0.5, 0.6) is 0 Å². The summed E-state index contributed by atoms with van der Waals surface area (Å²) in [5, 5.41) is 3.58. The van der Waals surface area contributed by atoms with E-state index in [1.807, 2.05) is 0 Å². The molecule has 0 spiro atoms. The number of methoxy groups -OCH3 is 1. The van der Waals surface area contributed by atoms with Gasteiger partial charge in [-0.05, 0) is 37.4 Å². The first-order valence-corrected chi connectivity index (χ1v) is 7.59. The molecule has 18 heavy (non-hydrogen) atoms. The van der Waals surface area contributed by atoms with Gasteiger partial charge < -0.3 is 14.8 Å². The monoisotopic (exact) mass is 289 g/mol. The van der Waals surface area contributed by atoms with E-state index in [1.165, 1.54) is 16.9 Å². The summed E-state index contributed by atoms with van der Waals surface area (Å²) in [4.78, 5) is 1.45. The Hall–Kier alpha value is -0.130. The van der Waals surface area contributed by atoms with Gasteiger partial charge in [0, 0.05) is 24.6 Å². The molecule has 0 saturated heterocycles. The molecule has 0 fully saturated rings. The summed E-state index contributed by atoms with van der Waals surface area (Å²) in [6.07, 6.45) is 3.39. The van der Waals surface area contributed by atoms with E-state index >= 15 is 0 Å². The smallest absolute Gasteiger partial charge is 0.0934 e. The lowest BCUT2D eigenvalue weighted by Gasteiger charge is -2.12. The molecule has 0 aliphatic heterocycles. The van der Waals surface area contributed by atoms with Crippen LogP contribution in [0.4, 0.5) is 0 Å². The van der Waals surface area contributed by atoms with Gasteiger partial charge in [-0.15, -0.1) is 11.3 Å². The van der Waals surface area contributed by atoms with Crippen molar-refractivity contribution >= 4 is 22.9 Å². The molecule has 1 N–H and O–H groups in total. The van der Waals surface area contributed by atoms with Gasteiger partial charge in [-0.3, -0.25) is 0 Å². The first kappa shape index (κ1) is 14.3. The van der Waals surface area contributed by atoms with Crippen molar-refractivity contribution < 1.29 is 9.47 Å². The quantitative estimate of drug-likeness (QED) is 0.746. The standard InChI is InChI=1S/C13H20ClNO2S/c1-16-7-8-17-6-2-5-15-11-3-4-12-10(11)9-13(14)18-12/h9,11,15H,2-8H2,1H3. The fourth-order valence-corrected chi connectivity index (χ4v) is 3.59. The lowest BCUT2D eigenvalue weighted by molar-refractivity contribution is 0.0692. The van der Waals surface area contributed by atoms with Crippen molar-refractivity contribution in [3.8, 4) is 0 Å². The summed E-state index contributed by atoms with van der Waals surface area (Å²) in [5.41, 5.74) is 1.41. The number of rotatable bonds is 8. The summed E-state index contributed by atoms with van der Waals surface area (Å²) in [6.45, 7) is 3.14. The predicted molar refractivity (Wildman–Crippen MR) is 75.7 cm³/mol. The topological polar surface area (TPSA) is 30.5 Å². The second kappa shape index (κ2) is 7.46. The van der Waals surface area contributed by atoms with E-state index < -0.39 is 0 Å². The largest absolute Gasteiger partial charge is 0.382 e. The zero-order valence-corrected chi connectivity index (χ0v) is 12.3. The molecule has 0 bridgehead atoms. The van der Waals surface area contributed by atoms with Crippen molar-refractivity contribution in [1.29, 1.82) is 0 Å². The van der Waals surface area contributed by atoms with Gasteiger partial charge in [-0.1, -0.05) is 11.6 Å². The van der Waals surface area contributed by atoms with E-state index in [2.05, 4.69) is 11.4 Å². The molecule has 0 aromatic carbocycles. The third kappa shape index (κ3) is 3.93. The Bertz CT molecular complexity index is 370. The Morgan fingerprint density at radius 3 is 3.17 bits per heavy atom. The van der Waals surface area contributed by atoms with E-state index in [4.69, 9.17) is 21.1 Å². The third-order valence-corrected chi connectivity index (χ3v) is 4.47. The maximum atomic E-state index is 6.03. The van der Waals surface area contributed by atoms with Crippen LogP contribution >= 0.6 is 22.9 Å². The van der Waals surface area contributed by atoms with Gasteiger partial charge in [0.2, 0.25) is 0 Å². The molecule has 0 saturated carbocycles. The van der Waals surface area contributed by atoms with Crippen molar-refractivity contribution in [3.05, 3.63) is 20.8 Å². The molecule has 2 rings (SSSR count). The predicted octanol–water partition coefficient (Wildman–Crippen LogP) is 3.03. The molecule has 5 heteroatoms. The van der Waals surface area contributed by atoms with Crippen LogP contribution < -0.4 is 5.32 Å². The van der Waals surface area contributed by atoms with Crippen molar-refractivity contribution in [2.24, 2.45) is 0 Å². The molecule has 1 unspecified atom stereocenters. The summed E-state index contributed by atoms with van der Waals surface area (Å²) in [7, 11) is 1.69. The second-order valence-corrected chi connectivity index (χ2v) is 6.20. The molecule has 1 atom stereocenters. The number of fused-ring (bicyclic) bond motifs is 1. The van der Waals surface area contributed by atoms with Gasteiger partial charge in [0.05, 0.1) is 17.6 Å². The Balaban J connectivity index is 1.60. The molecule has 1 aliphatic carbocycles. The van der Waals surface area contributed by atoms with Crippen LogP contribution in [0.1, 0.15) is 29.3 Å². The van der Waals surface area contributed by atoms with Crippen LogP contribution in [0.25, 0.3) is 0 Å². The minimum Gasteiger partial charge on any atom is -0.382 e. The Kier molecular flexibility index (Phi) is 5.92. The SMILES string of the molecule is COCCOCCCNC1CCc2sc(Cl)cc21. The van der Waals surface area contributed by atoms with Crippen LogP contribution in [0.3, 0.4) is 0 Å². The van der Waals surface area contributed by atoms with E-state index in [9.17, 15) is 0 Å². The van der Waals surface area contributed by atoms with Crippen molar-refractivity contribution in [3.63, 3.8) is 0 Å². The minimum atomic E-state index is 0.489. The van der Waals surface area contributed by atoms with Crippen molar-refractivity contribution in [2.75, 3.05) is 33.5 Å². The van der Waals surface area contributed by atoms with Gasteiger partial charge in [0.15, 0.2) is 0 Å². The molecule has 1 aliphatic rings. The van der Waals surface area contributed by atoms with Gasteiger partial charge in [-0.25, -0.2) is 0 Å². The average Bonchev–Trinajstić information content (AvgIpc) is 2.88. The molecular formula is C13H20ClNO2S. The second-order valence-electron chi connectivity index (χ2n) is 4.43. The molecular weight excluding hydrogens is 270 g/mol. The molecule has 0 amide bonds. The molecule has 1 aromatic heterocycles. The van der Waals surface area contributed by atoms with Crippen LogP contribution in [0.15, 0.2) is 6.07 Å². The van der Waals surface area contributed by atoms with Gasteiger partial charge >= 0.3 is 0 Å². The first-order valence-electron chi connectivity index (χ1n) is 6.39. The third-order valence-electron chi connectivity index (χ3n) is 3.14. The molecule has 3 nitrogen and oxygen atoms in total. The molecule has 102 valence electrons. The molecule has 1 heterocycles. The number of hydrogen-bond acceptors (Lipinski definition) is 4. The average molecular weight is 290 g/mol. The van der Waals surface area contributed by atoms with E-state index in [0.29, 0.717) is 19.3 Å². The van der Waals surface area contributed by atoms with Crippen LogP contribution in [0.2, 0.25) is 4.34 Å². The number of halogens is 1. The Morgan fingerprint density at radius 2 is 2.33 bits per heavy atom. The van der Waals surface area contributed by atoms with E-state index in [0.717, 1.165) is 30.3 Å². The fourth-order valence-electron chi connectivity index (χ4n) is 2.24. The van der Waals surface area contributed by atoms with E-state index in [1.54, 1.807) is 18.4 Å². The van der Waals surface area contributed by atoms with Gasteiger partial charge in [0.1, 0.15) is 0 Å². The maximum absolute atomic E-state index is 6.03. The number of hydrogen-bond donors (Lipinski definition) is 1. The normalized spacial score (nSPS) is 18.2. The number of nitrogens with one attached hydrogen (secondary N) is 1. The zero-order valence-electron chi connectivity index (χ0n) is 10.7. The lowest BCUT2D eigenvalue weighted by atomic mass is 10.2. The lowest BCUT2D eigenvalue weighted by Crippen LogP contribution is -2.21. The number of ether oxygens (including phenoxy) is 2. The zero-order chi connectivity index (χ0) is 12.8. The van der Waals surface area contributed by atoms with Gasteiger partial charge in [0.25, 0.3) is 0 Å². The molecule has 1 aromatic rings. The number of thiophene rings is 1.